The summed E-state index contributed by atoms with van der Waals surface area (Å²) in [5, 5.41) is 2.78. The first-order valence-electron chi connectivity index (χ1n) is 8.07. The van der Waals surface area contributed by atoms with E-state index in [9.17, 15) is 9.59 Å². The first-order valence-corrected chi connectivity index (χ1v) is 8.45. The molecule has 0 saturated heterocycles. The molecule has 3 aromatic carbocycles. The summed E-state index contributed by atoms with van der Waals surface area (Å²) in [6.45, 7) is 0.433. The van der Waals surface area contributed by atoms with Crippen LogP contribution in [0.4, 0.5) is 0 Å². The minimum Gasteiger partial charge on any atom is -0.492 e. The average molecular weight is 368 g/mol. The normalized spacial score (nSPS) is 11.1. The fourth-order valence-electron chi connectivity index (χ4n) is 2.95. The van der Waals surface area contributed by atoms with Crippen LogP contribution in [0, 0.1) is 0 Å². The molecule has 26 heavy (non-hydrogen) atoms. The van der Waals surface area contributed by atoms with Crippen molar-refractivity contribution in [3.8, 4) is 5.75 Å². The molecule has 0 aliphatic carbocycles. The largest absolute Gasteiger partial charge is 0.492 e. The van der Waals surface area contributed by atoms with Crippen molar-refractivity contribution in [2.75, 3.05) is 6.61 Å². The molecule has 0 amide bonds. The SMILES string of the molecule is O=c1oc(=O)n(CCOc2ccc3ccccc3c2)c2c(Cl)cccc12. The van der Waals surface area contributed by atoms with Gasteiger partial charge in [0, 0.05) is 0 Å². The van der Waals surface area contributed by atoms with Crippen molar-refractivity contribution in [2.24, 2.45) is 0 Å². The lowest BCUT2D eigenvalue weighted by Crippen LogP contribution is -2.27. The molecule has 0 saturated carbocycles. The Morgan fingerprint density at radius 3 is 2.62 bits per heavy atom. The Hall–Kier alpha value is -3.05. The third-order valence-corrected chi connectivity index (χ3v) is 4.49. The second-order valence-electron chi connectivity index (χ2n) is 5.80. The number of nitrogens with zero attached hydrogens (tertiary/aromatic N) is 1. The van der Waals surface area contributed by atoms with Gasteiger partial charge in [0.15, 0.2) is 0 Å². The smallest absolute Gasteiger partial charge is 0.422 e. The van der Waals surface area contributed by atoms with Gasteiger partial charge in [-0.05, 0) is 35.0 Å². The van der Waals surface area contributed by atoms with Crippen LogP contribution in [0.15, 0.2) is 74.7 Å². The summed E-state index contributed by atoms with van der Waals surface area (Å²) in [7, 11) is 0. The molecule has 1 heterocycles. The van der Waals surface area contributed by atoms with E-state index in [1.807, 2.05) is 42.5 Å². The van der Waals surface area contributed by atoms with Crippen molar-refractivity contribution < 1.29 is 9.15 Å². The second-order valence-corrected chi connectivity index (χ2v) is 6.21. The van der Waals surface area contributed by atoms with Gasteiger partial charge in [-0.15, -0.1) is 0 Å². The first kappa shape index (κ1) is 16.4. The van der Waals surface area contributed by atoms with Gasteiger partial charge in [0.05, 0.1) is 22.5 Å². The molecular formula is C20H14ClNO4. The van der Waals surface area contributed by atoms with Gasteiger partial charge >= 0.3 is 11.4 Å². The number of para-hydroxylation sites is 1. The molecule has 0 radical (unpaired) electrons. The van der Waals surface area contributed by atoms with Gasteiger partial charge < -0.3 is 9.15 Å². The van der Waals surface area contributed by atoms with E-state index in [0.29, 0.717) is 16.3 Å². The fourth-order valence-corrected chi connectivity index (χ4v) is 3.23. The molecule has 0 bridgehead atoms. The van der Waals surface area contributed by atoms with Crippen LogP contribution in [0.1, 0.15) is 0 Å². The Morgan fingerprint density at radius 2 is 1.77 bits per heavy atom. The quantitative estimate of drug-likeness (QED) is 0.550. The molecule has 1 aromatic heterocycles. The van der Waals surface area contributed by atoms with E-state index in [0.717, 1.165) is 10.8 Å². The molecule has 0 unspecified atom stereocenters. The highest BCUT2D eigenvalue weighted by molar-refractivity contribution is 6.35. The van der Waals surface area contributed by atoms with E-state index in [-0.39, 0.29) is 18.5 Å². The van der Waals surface area contributed by atoms with Gasteiger partial charge in [-0.25, -0.2) is 9.59 Å². The molecule has 5 nitrogen and oxygen atoms in total. The number of halogens is 1. The van der Waals surface area contributed by atoms with Gasteiger partial charge in [0.2, 0.25) is 0 Å². The van der Waals surface area contributed by atoms with Crippen molar-refractivity contribution in [3.05, 3.63) is 86.7 Å². The summed E-state index contributed by atoms with van der Waals surface area (Å²) in [6, 6.07) is 18.6. The summed E-state index contributed by atoms with van der Waals surface area (Å²) in [4.78, 5) is 24.0. The molecule has 0 spiro atoms. The van der Waals surface area contributed by atoms with Crippen molar-refractivity contribution in [2.45, 2.75) is 6.54 Å². The molecule has 130 valence electrons. The number of aromatic nitrogens is 1. The maximum atomic E-state index is 12.1. The van der Waals surface area contributed by atoms with Gasteiger partial charge in [0.25, 0.3) is 0 Å². The monoisotopic (exact) mass is 367 g/mol. The maximum absolute atomic E-state index is 12.1. The highest BCUT2D eigenvalue weighted by Crippen LogP contribution is 2.22. The van der Waals surface area contributed by atoms with Crippen molar-refractivity contribution in [1.82, 2.24) is 4.57 Å². The van der Waals surface area contributed by atoms with Crippen LogP contribution in [-0.4, -0.2) is 11.2 Å². The van der Waals surface area contributed by atoms with E-state index in [4.69, 9.17) is 20.8 Å². The van der Waals surface area contributed by atoms with Crippen LogP contribution >= 0.6 is 11.6 Å². The lowest BCUT2D eigenvalue weighted by atomic mass is 10.1. The van der Waals surface area contributed by atoms with Crippen LogP contribution in [-0.2, 0) is 6.54 Å². The number of fused-ring (bicyclic) bond motifs is 2. The highest BCUT2D eigenvalue weighted by atomic mass is 35.5. The van der Waals surface area contributed by atoms with E-state index in [1.54, 1.807) is 18.2 Å². The molecule has 4 aromatic rings. The maximum Gasteiger partial charge on any atom is 0.422 e. The lowest BCUT2D eigenvalue weighted by Gasteiger charge is -2.11. The van der Waals surface area contributed by atoms with Crippen LogP contribution in [0.2, 0.25) is 5.02 Å². The zero-order valence-corrected chi connectivity index (χ0v) is 14.4. The minimum atomic E-state index is -0.752. The molecule has 4 rings (SSSR count). The zero-order valence-electron chi connectivity index (χ0n) is 13.6. The third kappa shape index (κ3) is 2.97. The summed E-state index contributed by atoms with van der Waals surface area (Å²) < 4.78 is 11.9. The first-order chi connectivity index (χ1) is 12.6. The topological polar surface area (TPSA) is 61.4 Å². The van der Waals surface area contributed by atoms with Crippen molar-refractivity contribution >= 4 is 33.3 Å². The molecule has 0 aliphatic rings. The number of rotatable bonds is 4. The van der Waals surface area contributed by atoms with Crippen molar-refractivity contribution in [3.63, 3.8) is 0 Å². The van der Waals surface area contributed by atoms with Gasteiger partial charge in [-0.1, -0.05) is 48.0 Å². The molecular weight excluding hydrogens is 354 g/mol. The lowest BCUT2D eigenvalue weighted by molar-refractivity contribution is 0.287. The zero-order chi connectivity index (χ0) is 18.1. The third-order valence-electron chi connectivity index (χ3n) is 4.18. The molecule has 0 fully saturated rings. The van der Waals surface area contributed by atoms with Crippen LogP contribution in [0.25, 0.3) is 21.7 Å². The van der Waals surface area contributed by atoms with Crippen LogP contribution in [0.3, 0.4) is 0 Å². The Balaban J connectivity index is 1.62. The predicted octanol–water partition coefficient (Wildman–Crippen LogP) is 3.84. The molecule has 6 heteroatoms. The standard InChI is InChI=1S/C20H14ClNO4/c21-17-7-3-6-16-18(17)22(20(24)26-19(16)23)10-11-25-15-9-8-13-4-1-2-5-14(13)12-15/h1-9,12H,10-11H2. The number of hydrogen-bond acceptors (Lipinski definition) is 4. The Labute approximate surface area is 153 Å². The van der Waals surface area contributed by atoms with Gasteiger partial charge in [0.1, 0.15) is 12.4 Å². The fraction of sp³-hybridized carbons (Fsp3) is 0.100. The number of hydrogen-bond donors (Lipinski definition) is 0. The summed E-state index contributed by atoms with van der Waals surface area (Å²) >= 11 is 6.19. The molecule has 0 aliphatic heterocycles. The highest BCUT2D eigenvalue weighted by Gasteiger charge is 2.12. The van der Waals surface area contributed by atoms with Crippen molar-refractivity contribution in [1.29, 1.82) is 0 Å². The van der Waals surface area contributed by atoms with Crippen LogP contribution in [0.5, 0.6) is 5.75 Å². The Morgan fingerprint density at radius 1 is 0.962 bits per heavy atom. The summed E-state index contributed by atoms with van der Waals surface area (Å²) in [5.74, 6) is -0.0535. The van der Waals surface area contributed by atoms with E-state index >= 15 is 0 Å². The second kappa shape index (κ2) is 6.69. The van der Waals surface area contributed by atoms with E-state index in [1.165, 1.54) is 4.57 Å². The van der Waals surface area contributed by atoms with Gasteiger partial charge in [-0.3, -0.25) is 4.57 Å². The van der Waals surface area contributed by atoms with E-state index < -0.39 is 11.4 Å². The molecule has 0 N–H and O–H groups in total. The van der Waals surface area contributed by atoms with Crippen LogP contribution < -0.4 is 16.1 Å². The average Bonchev–Trinajstić information content (AvgIpc) is 2.64. The Bertz CT molecular complexity index is 1230. The predicted molar refractivity (Wildman–Crippen MR) is 101 cm³/mol. The number of ether oxygens (including phenoxy) is 1. The number of benzene rings is 3. The Kier molecular flexibility index (Phi) is 4.22. The van der Waals surface area contributed by atoms with E-state index in [2.05, 4.69) is 0 Å². The molecule has 0 atom stereocenters. The summed E-state index contributed by atoms with van der Waals surface area (Å²) in [6.07, 6.45) is 0. The summed E-state index contributed by atoms with van der Waals surface area (Å²) in [5.41, 5.74) is -0.336. The van der Waals surface area contributed by atoms with Gasteiger partial charge in [-0.2, -0.15) is 0 Å². The minimum absolute atomic E-state index is 0.204.